The van der Waals surface area contributed by atoms with Crippen molar-refractivity contribution in [1.82, 2.24) is 0 Å². The molecule has 0 aromatic rings. The molecule has 1 N–H and O–H groups in total. The zero-order chi connectivity index (χ0) is 17.9. The summed E-state index contributed by atoms with van der Waals surface area (Å²) >= 11 is 0. The molecule has 0 amide bonds. The molecule has 1 aliphatic rings. The average Bonchev–Trinajstić information content (AvgIpc) is 3.21. The highest BCUT2D eigenvalue weighted by molar-refractivity contribution is 7.88. The maximum Gasteiger partial charge on any atom is 0.273 e. The van der Waals surface area contributed by atoms with Gasteiger partial charge < -0.3 is 9.53 Å². The molecule has 1 atom stereocenters. The Kier molecular flexibility index (Phi) is 6.89. The van der Waals surface area contributed by atoms with Gasteiger partial charge in [-0.2, -0.15) is 8.42 Å². The molecule has 0 radical (unpaired) electrons. The lowest BCUT2D eigenvalue weighted by atomic mass is 10.2. The van der Waals surface area contributed by atoms with Gasteiger partial charge in [-0.25, -0.2) is 0 Å². The topological polar surface area (TPSA) is 72.8 Å². The third-order valence-corrected chi connectivity index (χ3v) is 11.8. The second-order valence-corrected chi connectivity index (χ2v) is 15.1. The summed E-state index contributed by atoms with van der Waals surface area (Å²) in [5.41, 5.74) is 0. The molecule has 1 rings (SSSR count). The monoisotopic (exact) mass is 366 g/mol. The van der Waals surface area contributed by atoms with E-state index in [1.165, 1.54) is 0 Å². The minimum atomic E-state index is -3.60. The first-order chi connectivity index (χ1) is 10.4. The Morgan fingerprint density at radius 1 is 1.22 bits per heavy atom. The first-order valence-electron chi connectivity index (χ1n) is 8.58. The van der Waals surface area contributed by atoms with Gasteiger partial charge in [0.15, 0.2) is 8.32 Å². The predicted molar refractivity (Wildman–Crippen MR) is 95.5 cm³/mol. The number of unbranched alkanes of at least 4 members (excludes halogenated alkanes) is 1. The molecule has 0 unspecified atom stereocenters. The van der Waals surface area contributed by atoms with E-state index in [-0.39, 0.29) is 18.3 Å². The van der Waals surface area contributed by atoms with Crippen molar-refractivity contribution in [2.24, 2.45) is 0 Å². The van der Waals surface area contributed by atoms with E-state index >= 15 is 0 Å². The standard InChI is InChI=1S/C16H34O5SSi/c1-7-8-9-16(10-11-16)22(18,19)20-12-14(17)13-21-23(5,6)15(2,3)4/h14,17H,7-13H2,1-6H3/t14-/m1/s1. The van der Waals surface area contributed by atoms with Crippen molar-refractivity contribution >= 4 is 18.4 Å². The number of rotatable bonds is 10. The lowest BCUT2D eigenvalue weighted by Gasteiger charge is -2.36. The Morgan fingerprint density at radius 3 is 2.22 bits per heavy atom. The van der Waals surface area contributed by atoms with Crippen molar-refractivity contribution in [3.05, 3.63) is 0 Å². The number of hydrogen-bond donors (Lipinski definition) is 1. The zero-order valence-electron chi connectivity index (χ0n) is 15.5. The normalized spacial score (nSPS) is 19.6. The summed E-state index contributed by atoms with van der Waals surface area (Å²) < 4.78 is 35.0. The van der Waals surface area contributed by atoms with Crippen molar-refractivity contribution < 1.29 is 22.1 Å². The lowest BCUT2D eigenvalue weighted by molar-refractivity contribution is 0.0590. The molecule has 1 aliphatic carbocycles. The third kappa shape index (κ3) is 5.52. The summed E-state index contributed by atoms with van der Waals surface area (Å²) in [7, 11) is -5.55. The van der Waals surface area contributed by atoms with Gasteiger partial charge in [0.1, 0.15) is 6.10 Å². The maximum absolute atomic E-state index is 12.3. The van der Waals surface area contributed by atoms with Crippen molar-refractivity contribution in [3.8, 4) is 0 Å². The van der Waals surface area contributed by atoms with Gasteiger partial charge in [0.25, 0.3) is 10.1 Å². The largest absolute Gasteiger partial charge is 0.414 e. The summed E-state index contributed by atoms with van der Waals surface area (Å²) in [6.07, 6.45) is 2.95. The highest BCUT2D eigenvalue weighted by Crippen LogP contribution is 2.48. The summed E-state index contributed by atoms with van der Waals surface area (Å²) in [6.45, 7) is 12.5. The van der Waals surface area contributed by atoms with Gasteiger partial charge >= 0.3 is 0 Å². The van der Waals surface area contributed by atoms with Crippen LogP contribution >= 0.6 is 0 Å². The summed E-state index contributed by atoms with van der Waals surface area (Å²) in [6, 6.07) is 0. The summed E-state index contributed by atoms with van der Waals surface area (Å²) in [4.78, 5) is 0. The molecule has 1 saturated carbocycles. The lowest BCUT2D eigenvalue weighted by Crippen LogP contribution is -2.43. The molecule has 0 saturated heterocycles. The Balaban J connectivity index is 2.46. The minimum absolute atomic E-state index is 0.0534. The van der Waals surface area contributed by atoms with Crippen LogP contribution in [0.5, 0.6) is 0 Å². The van der Waals surface area contributed by atoms with Gasteiger partial charge in [-0.1, -0.05) is 40.5 Å². The van der Waals surface area contributed by atoms with Crippen LogP contribution in [0.1, 0.15) is 59.8 Å². The van der Waals surface area contributed by atoms with Gasteiger partial charge in [0, 0.05) is 0 Å². The third-order valence-electron chi connectivity index (χ3n) is 5.18. The van der Waals surface area contributed by atoms with Crippen molar-refractivity contribution in [2.75, 3.05) is 13.2 Å². The van der Waals surface area contributed by atoms with Gasteiger partial charge in [0.05, 0.1) is 18.0 Å². The molecule has 0 aromatic heterocycles. The SMILES string of the molecule is CCCCC1(S(=O)(=O)OC[C@@H](O)CO[Si](C)(C)C(C)(C)C)CC1. The molecule has 5 nitrogen and oxygen atoms in total. The summed E-state index contributed by atoms with van der Waals surface area (Å²) in [5, 5.41) is 10.1. The first kappa shape index (κ1) is 21.1. The fourth-order valence-electron chi connectivity index (χ4n) is 2.13. The second kappa shape index (κ2) is 7.52. The molecule has 7 heteroatoms. The van der Waals surface area contributed by atoms with Crippen LogP contribution in [0.2, 0.25) is 18.1 Å². The molecule has 0 aliphatic heterocycles. The molecule has 0 heterocycles. The Morgan fingerprint density at radius 2 is 1.78 bits per heavy atom. The van der Waals surface area contributed by atoms with Crippen LogP contribution in [0.15, 0.2) is 0 Å². The maximum atomic E-state index is 12.3. The smallest absolute Gasteiger partial charge is 0.273 e. The number of hydrogen-bond acceptors (Lipinski definition) is 5. The molecule has 0 aromatic carbocycles. The van der Waals surface area contributed by atoms with Gasteiger partial charge in [-0.3, -0.25) is 4.18 Å². The molecular weight excluding hydrogens is 332 g/mol. The van der Waals surface area contributed by atoms with E-state index < -0.39 is 29.3 Å². The van der Waals surface area contributed by atoms with E-state index in [1.807, 2.05) is 6.92 Å². The highest BCUT2D eigenvalue weighted by Gasteiger charge is 2.54. The van der Waals surface area contributed by atoms with Crippen LogP contribution in [0, 0.1) is 0 Å². The van der Waals surface area contributed by atoms with Gasteiger partial charge in [-0.05, 0) is 37.4 Å². The molecule has 1 fully saturated rings. The Hall–Kier alpha value is 0.0469. The minimum Gasteiger partial charge on any atom is -0.414 e. The van der Waals surface area contributed by atoms with E-state index in [9.17, 15) is 13.5 Å². The Labute approximate surface area is 143 Å². The van der Waals surface area contributed by atoms with Crippen molar-refractivity contribution in [1.29, 1.82) is 0 Å². The van der Waals surface area contributed by atoms with E-state index in [0.717, 1.165) is 12.8 Å². The van der Waals surface area contributed by atoms with Crippen LogP contribution in [0.4, 0.5) is 0 Å². The second-order valence-electron chi connectivity index (χ2n) is 8.25. The Bertz CT molecular complexity index is 477. The van der Waals surface area contributed by atoms with Crippen molar-refractivity contribution in [2.45, 2.75) is 88.8 Å². The average molecular weight is 367 g/mol. The van der Waals surface area contributed by atoms with Crippen molar-refractivity contribution in [3.63, 3.8) is 0 Å². The van der Waals surface area contributed by atoms with Crippen LogP contribution < -0.4 is 0 Å². The fourth-order valence-corrected chi connectivity index (χ4v) is 4.75. The first-order valence-corrected chi connectivity index (χ1v) is 12.9. The highest BCUT2D eigenvalue weighted by atomic mass is 32.2. The molecule has 138 valence electrons. The van der Waals surface area contributed by atoms with Crippen LogP contribution in [-0.4, -0.2) is 45.9 Å². The van der Waals surface area contributed by atoms with Crippen LogP contribution in [0.25, 0.3) is 0 Å². The van der Waals surface area contributed by atoms with E-state index in [0.29, 0.717) is 19.3 Å². The molecular formula is C16H34O5SSi. The number of aliphatic hydroxyl groups excluding tert-OH is 1. The zero-order valence-corrected chi connectivity index (χ0v) is 17.3. The molecule has 0 bridgehead atoms. The van der Waals surface area contributed by atoms with Gasteiger partial charge in [0.2, 0.25) is 0 Å². The van der Waals surface area contributed by atoms with E-state index in [2.05, 4.69) is 33.9 Å². The van der Waals surface area contributed by atoms with Gasteiger partial charge in [-0.15, -0.1) is 0 Å². The van der Waals surface area contributed by atoms with E-state index in [1.54, 1.807) is 0 Å². The van der Waals surface area contributed by atoms with Crippen LogP contribution in [-0.2, 0) is 18.7 Å². The predicted octanol–water partition coefficient (Wildman–Crippen LogP) is 3.44. The van der Waals surface area contributed by atoms with E-state index in [4.69, 9.17) is 8.61 Å². The molecule has 0 spiro atoms. The fraction of sp³-hybridized carbons (Fsp3) is 1.00. The van der Waals surface area contributed by atoms with Crippen LogP contribution in [0.3, 0.4) is 0 Å². The summed E-state index contributed by atoms with van der Waals surface area (Å²) in [5.74, 6) is 0. The molecule has 23 heavy (non-hydrogen) atoms. The number of aliphatic hydroxyl groups is 1. The quantitative estimate of drug-likeness (QED) is 0.473.